The molecule has 0 amide bonds. The van der Waals surface area contributed by atoms with Crippen LogP contribution < -0.4 is 0 Å². The van der Waals surface area contributed by atoms with Gasteiger partial charge in [0.1, 0.15) is 0 Å². The first kappa shape index (κ1) is 14.6. The number of rotatable bonds is 4. The number of nitrogens with zero attached hydrogens (tertiary/aromatic N) is 1. The van der Waals surface area contributed by atoms with Crippen LogP contribution in [-0.2, 0) is 0 Å². The number of allylic oxidation sites excluding steroid dienone is 1. The summed E-state index contributed by atoms with van der Waals surface area (Å²) in [4.78, 5) is 0. The van der Waals surface area contributed by atoms with Gasteiger partial charge in [-0.1, -0.05) is 80.6 Å². The van der Waals surface area contributed by atoms with Gasteiger partial charge in [0, 0.05) is 12.1 Å². The van der Waals surface area contributed by atoms with Crippen molar-refractivity contribution in [2.24, 2.45) is 22.4 Å². The maximum Gasteiger partial charge on any atom is 0.0478 e. The Morgan fingerprint density at radius 3 is 1.86 bits per heavy atom. The van der Waals surface area contributed by atoms with Crippen LogP contribution in [0.15, 0.2) is 71.9 Å². The van der Waals surface area contributed by atoms with E-state index in [0.29, 0.717) is 11.8 Å². The van der Waals surface area contributed by atoms with Gasteiger partial charge in [0.25, 0.3) is 0 Å². The lowest BCUT2D eigenvalue weighted by Crippen LogP contribution is -1.92. The molecular formula is C20H21NO. The van der Waals surface area contributed by atoms with Crippen molar-refractivity contribution in [1.29, 1.82) is 0 Å². The molecule has 112 valence electrons. The smallest absolute Gasteiger partial charge is 0.0478 e. The summed E-state index contributed by atoms with van der Waals surface area (Å²) in [5.41, 5.74) is 3.82. The van der Waals surface area contributed by atoms with Gasteiger partial charge in [-0.25, -0.2) is 0 Å². The van der Waals surface area contributed by atoms with Crippen molar-refractivity contribution >= 4 is 11.8 Å². The van der Waals surface area contributed by atoms with Crippen LogP contribution in [0.25, 0.3) is 5.57 Å². The number of oxime groups is 1. The maximum absolute atomic E-state index is 8.84. The molecule has 2 atom stereocenters. The molecule has 2 heteroatoms. The summed E-state index contributed by atoms with van der Waals surface area (Å²) in [6.45, 7) is 4.43. The summed E-state index contributed by atoms with van der Waals surface area (Å²) < 4.78 is 0. The van der Waals surface area contributed by atoms with E-state index in [4.69, 9.17) is 5.21 Å². The second-order valence-corrected chi connectivity index (χ2v) is 6.45. The van der Waals surface area contributed by atoms with E-state index in [-0.39, 0.29) is 5.41 Å². The highest BCUT2D eigenvalue weighted by molar-refractivity contribution is 5.81. The van der Waals surface area contributed by atoms with E-state index in [2.05, 4.69) is 73.6 Å². The van der Waals surface area contributed by atoms with E-state index in [9.17, 15) is 0 Å². The van der Waals surface area contributed by atoms with Crippen LogP contribution in [0.1, 0.15) is 25.0 Å². The van der Waals surface area contributed by atoms with E-state index in [0.717, 1.165) is 0 Å². The second-order valence-electron chi connectivity index (χ2n) is 6.45. The fourth-order valence-corrected chi connectivity index (χ4v) is 3.17. The average Bonchev–Trinajstić information content (AvgIpc) is 3.06. The lowest BCUT2D eigenvalue weighted by molar-refractivity contribution is 0.319. The maximum atomic E-state index is 8.84. The quantitative estimate of drug-likeness (QED) is 0.487. The van der Waals surface area contributed by atoms with Crippen molar-refractivity contribution in [3.05, 3.63) is 77.9 Å². The molecule has 2 nitrogen and oxygen atoms in total. The number of benzene rings is 2. The Morgan fingerprint density at radius 1 is 0.909 bits per heavy atom. The Balaban J connectivity index is 2.02. The summed E-state index contributed by atoms with van der Waals surface area (Å²) in [5.74, 6) is 0.679. The average molecular weight is 291 g/mol. The number of hydrogen-bond donors (Lipinski definition) is 1. The summed E-state index contributed by atoms with van der Waals surface area (Å²) >= 11 is 0. The minimum Gasteiger partial charge on any atom is -0.411 e. The molecule has 0 aliphatic heterocycles. The molecule has 1 N–H and O–H groups in total. The van der Waals surface area contributed by atoms with E-state index in [1.807, 2.05) is 12.1 Å². The standard InChI is InChI=1S/C20H21NO/c1-20(2)18(19(20)14-21-22)13-17(15-9-5-3-6-10-15)16-11-7-4-8-12-16/h3-14,18-19,22H,1-2H3/b21-14-/t18-,19-/m1/s1. The Bertz CT molecular complexity index is 645. The first-order valence-electron chi connectivity index (χ1n) is 7.65. The molecule has 1 saturated carbocycles. The lowest BCUT2D eigenvalue weighted by Gasteiger charge is -2.09. The van der Waals surface area contributed by atoms with Gasteiger partial charge in [0.05, 0.1) is 0 Å². The molecule has 0 unspecified atom stereocenters. The zero-order chi connectivity index (χ0) is 15.6. The molecule has 0 heterocycles. The fourth-order valence-electron chi connectivity index (χ4n) is 3.17. The molecule has 0 spiro atoms. The van der Waals surface area contributed by atoms with Crippen LogP contribution in [0, 0.1) is 17.3 Å². The first-order valence-corrected chi connectivity index (χ1v) is 7.65. The van der Waals surface area contributed by atoms with Crippen molar-refractivity contribution in [2.75, 3.05) is 0 Å². The first-order chi connectivity index (χ1) is 10.6. The zero-order valence-electron chi connectivity index (χ0n) is 13.0. The molecular weight excluding hydrogens is 270 g/mol. The van der Waals surface area contributed by atoms with Gasteiger partial charge in [0.2, 0.25) is 0 Å². The van der Waals surface area contributed by atoms with E-state index >= 15 is 0 Å². The van der Waals surface area contributed by atoms with Crippen molar-refractivity contribution in [3.63, 3.8) is 0 Å². The molecule has 22 heavy (non-hydrogen) atoms. The summed E-state index contributed by atoms with van der Waals surface area (Å²) in [7, 11) is 0. The van der Waals surface area contributed by atoms with E-state index in [1.54, 1.807) is 6.21 Å². The van der Waals surface area contributed by atoms with Crippen molar-refractivity contribution in [1.82, 2.24) is 0 Å². The third-order valence-corrected chi connectivity index (χ3v) is 4.74. The van der Waals surface area contributed by atoms with Crippen LogP contribution in [-0.4, -0.2) is 11.4 Å². The molecule has 0 radical (unpaired) electrons. The van der Waals surface area contributed by atoms with E-state index < -0.39 is 0 Å². The molecule has 0 bridgehead atoms. The molecule has 2 aromatic carbocycles. The largest absolute Gasteiger partial charge is 0.411 e. The van der Waals surface area contributed by atoms with Gasteiger partial charge in [-0.05, 0) is 28.0 Å². The lowest BCUT2D eigenvalue weighted by atomic mass is 9.95. The number of hydrogen-bond acceptors (Lipinski definition) is 2. The summed E-state index contributed by atoms with van der Waals surface area (Å²) in [6.07, 6.45) is 3.99. The molecule has 1 aliphatic carbocycles. The second kappa shape index (κ2) is 5.80. The molecule has 1 aliphatic rings. The monoisotopic (exact) mass is 291 g/mol. The Labute approximate surface area is 131 Å². The fraction of sp³-hybridized carbons (Fsp3) is 0.250. The molecule has 0 aromatic heterocycles. The van der Waals surface area contributed by atoms with Crippen LogP contribution in [0.3, 0.4) is 0 Å². The van der Waals surface area contributed by atoms with Crippen LogP contribution in [0.4, 0.5) is 0 Å². The molecule has 3 rings (SSSR count). The van der Waals surface area contributed by atoms with E-state index in [1.165, 1.54) is 16.7 Å². The van der Waals surface area contributed by atoms with Crippen LogP contribution >= 0.6 is 0 Å². The SMILES string of the molecule is CC1(C)[C@H](C=C(c2ccccc2)c2ccccc2)[C@H]1/C=N\O. The molecule has 0 saturated heterocycles. The minimum absolute atomic E-state index is 0.140. The van der Waals surface area contributed by atoms with Gasteiger partial charge < -0.3 is 5.21 Å². The van der Waals surface area contributed by atoms with Crippen molar-refractivity contribution < 1.29 is 5.21 Å². The zero-order valence-corrected chi connectivity index (χ0v) is 13.0. The minimum atomic E-state index is 0.140. The summed E-state index contributed by atoms with van der Waals surface area (Å²) in [6, 6.07) is 20.9. The Morgan fingerprint density at radius 2 is 1.41 bits per heavy atom. The normalized spacial score (nSPS) is 22.5. The predicted molar refractivity (Wildman–Crippen MR) is 91.0 cm³/mol. The van der Waals surface area contributed by atoms with Gasteiger partial charge in [-0.3, -0.25) is 0 Å². The third kappa shape index (κ3) is 2.69. The Hall–Kier alpha value is -2.35. The van der Waals surface area contributed by atoms with Crippen LogP contribution in [0.5, 0.6) is 0 Å². The highest BCUT2D eigenvalue weighted by Crippen LogP contribution is 2.58. The van der Waals surface area contributed by atoms with Crippen LogP contribution in [0.2, 0.25) is 0 Å². The van der Waals surface area contributed by atoms with Crippen molar-refractivity contribution in [2.45, 2.75) is 13.8 Å². The molecule has 1 fully saturated rings. The third-order valence-electron chi connectivity index (χ3n) is 4.74. The summed E-state index contributed by atoms with van der Waals surface area (Å²) in [5, 5.41) is 12.1. The van der Waals surface area contributed by atoms with Gasteiger partial charge in [0.15, 0.2) is 0 Å². The van der Waals surface area contributed by atoms with Gasteiger partial charge >= 0.3 is 0 Å². The van der Waals surface area contributed by atoms with Crippen molar-refractivity contribution in [3.8, 4) is 0 Å². The Kier molecular flexibility index (Phi) is 3.84. The van der Waals surface area contributed by atoms with Gasteiger partial charge in [-0.2, -0.15) is 0 Å². The predicted octanol–water partition coefficient (Wildman–Crippen LogP) is 4.85. The highest BCUT2D eigenvalue weighted by atomic mass is 16.4. The molecule has 2 aromatic rings. The van der Waals surface area contributed by atoms with Gasteiger partial charge in [-0.15, -0.1) is 5.16 Å². The topological polar surface area (TPSA) is 32.6 Å². The highest BCUT2D eigenvalue weighted by Gasteiger charge is 2.55.